The predicted molar refractivity (Wildman–Crippen MR) is 103 cm³/mol. The summed E-state index contributed by atoms with van der Waals surface area (Å²) in [6, 6.07) is 8.00. The van der Waals surface area contributed by atoms with Crippen LogP contribution >= 0.6 is 0 Å². The van der Waals surface area contributed by atoms with Crippen LogP contribution in [0.2, 0.25) is 0 Å². The molecule has 1 aromatic carbocycles. The lowest BCUT2D eigenvalue weighted by molar-refractivity contribution is -0.132. The summed E-state index contributed by atoms with van der Waals surface area (Å²) in [5, 5.41) is 0. The van der Waals surface area contributed by atoms with E-state index in [1.54, 1.807) is 11.8 Å². The summed E-state index contributed by atoms with van der Waals surface area (Å²) >= 11 is 0. The Kier molecular flexibility index (Phi) is 6.26. The number of rotatable bonds is 4. The van der Waals surface area contributed by atoms with Crippen molar-refractivity contribution in [1.29, 1.82) is 0 Å². The molecule has 0 N–H and O–H groups in total. The second-order valence-corrected chi connectivity index (χ2v) is 8.25. The fraction of sp³-hybridized carbons (Fsp3) is 0.619. The number of anilines is 1. The van der Waals surface area contributed by atoms with E-state index in [-0.39, 0.29) is 17.2 Å². The van der Waals surface area contributed by atoms with Gasteiger partial charge in [-0.25, -0.2) is 0 Å². The molecule has 4 nitrogen and oxygen atoms in total. The van der Waals surface area contributed by atoms with Gasteiger partial charge in [-0.1, -0.05) is 45.9 Å². The fourth-order valence-electron chi connectivity index (χ4n) is 3.41. The van der Waals surface area contributed by atoms with E-state index in [9.17, 15) is 9.59 Å². The molecule has 1 aliphatic rings. The summed E-state index contributed by atoms with van der Waals surface area (Å²) in [4.78, 5) is 28.5. The van der Waals surface area contributed by atoms with Crippen molar-refractivity contribution in [2.45, 2.75) is 59.3 Å². The number of hydrogen-bond donors (Lipinski definition) is 0. The summed E-state index contributed by atoms with van der Waals surface area (Å²) in [5.41, 5.74) is 1.99. The zero-order valence-corrected chi connectivity index (χ0v) is 16.3. The number of benzene rings is 1. The van der Waals surface area contributed by atoms with Crippen LogP contribution < -0.4 is 4.90 Å². The Morgan fingerprint density at radius 3 is 2.32 bits per heavy atom. The number of likely N-dealkylation sites (tertiary alicyclic amines) is 1. The van der Waals surface area contributed by atoms with Crippen LogP contribution in [-0.4, -0.2) is 36.3 Å². The van der Waals surface area contributed by atoms with Gasteiger partial charge in [0.05, 0.1) is 0 Å². The molecule has 0 radical (unpaired) electrons. The molecular formula is C21H32N2O2. The second-order valence-electron chi connectivity index (χ2n) is 8.25. The number of nitrogens with zero attached hydrogens (tertiary/aromatic N) is 2. The average molecular weight is 344 g/mol. The lowest BCUT2D eigenvalue weighted by Gasteiger charge is -2.32. The van der Waals surface area contributed by atoms with E-state index >= 15 is 0 Å². The third-order valence-corrected chi connectivity index (χ3v) is 5.07. The number of carbonyl (C=O) groups is 2. The van der Waals surface area contributed by atoms with Gasteiger partial charge in [0.2, 0.25) is 11.8 Å². The molecule has 0 saturated carbocycles. The van der Waals surface area contributed by atoms with E-state index in [2.05, 4.69) is 33.8 Å². The maximum absolute atomic E-state index is 12.5. The fourth-order valence-corrected chi connectivity index (χ4v) is 3.41. The minimum absolute atomic E-state index is 0.0169. The van der Waals surface area contributed by atoms with Gasteiger partial charge in [-0.2, -0.15) is 0 Å². The Morgan fingerprint density at radius 1 is 1.16 bits per heavy atom. The Labute approximate surface area is 152 Å². The van der Waals surface area contributed by atoms with Gasteiger partial charge >= 0.3 is 0 Å². The summed E-state index contributed by atoms with van der Waals surface area (Å²) < 4.78 is 0. The molecule has 0 atom stereocenters. The highest BCUT2D eigenvalue weighted by atomic mass is 16.2. The van der Waals surface area contributed by atoms with Gasteiger partial charge in [0, 0.05) is 38.7 Å². The van der Waals surface area contributed by atoms with Crippen molar-refractivity contribution >= 4 is 17.5 Å². The second kappa shape index (κ2) is 8.03. The van der Waals surface area contributed by atoms with Gasteiger partial charge in [-0.05, 0) is 35.8 Å². The van der Waals surface area contributed by atoms with Gasteiger partial charge in [-0.15, -0.1) is 0 Å². The van der Waals surface area contributed by atoms with Gasteiger partial charge in [0.15, 0.2) is 0 Å². The number of para-hydroxylation sites is 1. The molecule has 1 heterocycles. The van der Waals surface area contributed by atoms with E-state index < -0.39 is 0 Å². The maximum atomic E-state index is 12.5. The molecule has 1 aliphatic heterocycles. The van der Waals surface area contributed by atoms with Gasteiger partial charge < -0.3 is 9.80 Å². The minimum Gasteiger partial charge on any atom is -0.343 e. The normalized spacial score (nSPS) is 16.0. The third-order valence-electron chi connectivity index (χ3n) is 5.07. The molecule has 0 bridgehead atoms. The van der Waals surface area contributed by atoms with Crippen molar-refractivity contribution in [2.75, 3.05) is 24.5 Å². The number of piperidine rings is 1. The molecular weight excluding hydrogens is 312 g/mol. The summed E-state index contributed by atoms with van der Waals surface area (Å²) in [5.74, 6) is 0.847. The molecule has 2 amide bonds. The lowest BCUT2D eigenvalue weighted by Crippen LogP contribution is -2.40. The summed E-state index contributed by atoms with van der Waals surface area (Å²) in [7, 11) is 0. The molecule has 138 valence electrons. The highest BCUT2D eigenvalue weighted by Gasteiger charge is 2.25. The molecule has 0 aromatic heterocycles. The topological polar surface area (TPSA) is 40.6 Å². The Balaban J connectivity index is 2.10. The van der Waals surface area contributed by atoms with Crippen molar-refractivity contribution in [2.24, 2.45) is 5.92 Å². The smallest absolute Gasteiger partial charge is 0.224 e. The monoisotopic (exact) mass is 344 g/mol. The van der Waals surface area contributed by atoms with Crippen LogP contribution in [0.1, 0.15) is 59.4 Å². The van der Waals surface area contributed by atoms with E-state index in [4.69, 9.17) is 0 Å². The van der Waals surface area contributed by atoms with E-state index in [1.165, 1.54) is 0 Å². The average Bonchev–Trinajstić information content (AvgIpc) is 2.54. The zero-order valence-electron chi connectivity index (χ0n) is 16.3. The number of amides is 2. The van der Waals surface area contributed by atoms with Crippen LogP contribution in [0.3, 0.4) is 0 Å². The minimum atomic E-state index is -0.0582. The standard InChI is InChI=1S/C21H32N2O2/c1-16-10-13-22(14-11-16)20(25)12-15-23(17(2)24)19-9-7-6-8-18(19)21(3,4)5/h6-9,16H,10-15H2,1-5H3. The van der Waals surface area contributed by atoms with Crippen molar-refractivity contribution in [3.8, 4) is 0 Å². The van der Waals surface area contributed by atoms with Crippen molar-refractivity contribution in [3.05, 3.63) is 29.8 Å². The first-order valence-electron chi connectivity index (χ1n) is 9.35. The summed E-state index contributed by atoms with van der Waals surface area (Å²) in [6.45, 7) is 12.4. The van der Waals surface area contributed by atoms with Crippen molar-refractivity contribution < 1.29 is 9.59 Å². The first-order valence-corrected chi connectivity index (χ1v) is 9.35. The molecule has 0 spiro atoms. The molecule has 4 heteroatoms. The van der Waals surface area contributed by atoms with Crippen LogP contribution in [0, 0.1) is 5.92 Å². The SMILES string of the molecule is CC(=O)N(CCC(=O)N1CCC(C)CC1)c1ccccc1C(C)(C)C. The lowest BCUT2D eigenvalue weighted by atomic mass is 9.85. The molecule has 2 rings (SSSR count). The van der Waals surface area contributed by atoms with Gasteiger partial charge in [0.1, 0.15) is 0 Å². The number of carbonyl (C=O) groups excluding carboxylic acids is 2. The maximum Gasteiger partial charge on any atom is 0.224 e. The van der Waals surface area contributed by atoms with Crippen LogP contribution in [0.15, 0.2) is 24.3 Å². The molecule has 1 saturated heterocycles. The van der Waals surface area contributed by atoms with Gasteiger partial charge in [0.25, 0.3) is 0 Å². The largest absolute Gasteiger partial charge is 0.343 e. The predicted octanol–water partition coefficient (Wildman–Crippen LogP) is 3.99. The van der Waals surface area contributed by atoms with Crippen LogP contribution in [-0.2, 0) is 15.0 Å². The van der Waals surface area contributed by atoms with E-state index in [1.807, 2.05) is 23.1 Å². The zero-order chi connectivity index (χ0) is 18.6. The Hall–Kier alpha value is -1.84. The van der Waals surface area contributed by atoms with Crippen molar-refractivity contribution in [3.63, 3.8) is 0 Å². The Bertz CT molecular complexity index is 611. The quantitative estimate of drug-likeness (QED) is 0.829. The first kappa shape index (κ1) is 19.5. The highest BCUT2D eigenvalue weighted by Crippen LogP contribution is 2.32. The third kappa shape index (κ3) is 5.07. The van der Waals surface area contributed by atoms with Crippen molar-refractivity contribution in [1.82, 2.24) is 4.90 Å². The molecule has 0 unspecified atom stereocenters. The first-order chi connectivity index (χ1) is 11.7. The summed E-state index contributed by atoms with van der Waals surface area (Å²) in [6.07, 6.45) is 2.54. The highest BCUT2D eigenvalue weighted by molar-refractivity contribution is 5.93. The molecule has 25 heavy (non-hydrogen) atoms. The van der Waals surface area contributed by atoms with Crippen LogP contribution in [0.5, 0.6) is 0 Å². The molecule has 0 aliphatic carbocycles. The van der Waals surface area contributed by atoms with E-state index in [0.29, 0.717) is 18.9 Å². The van der Waals surface area contributed by atoms with Crippen LogP contribution in [0.25, 0.3) is 0 Å². The molecule has 1 fully saturated rings. The van der Waals surface area contributed by atoms with Crippen LogP contribution in [0.4, 0.5) is 5.69 Å². The number of hydrogen-bond acceptors (Lipinski definition) is 2. The Morgan fingerprint density at radius 2 is 1.76 bits per heavy atom. The van der Waals surface area contributed by atoms with E-state index in [0.717, 1.165) is 37.2 Å². The molecule has 1 aromatic rings. The van der Waals surface area contributed by atoms with Gasteiger partial charge in [-0.3, -0.25) is 9.59 Å².